The Hall–Kier alpha value is -0.900. The van der Waals surface area contributed by atoms with E-state index in [1.165, 1.54) is 0 Å². The Bertz CT molecular complexity index is 264. The molecular weight excluding hydrogens is 211 g/mol. The molecule has 11 heavy (non-hydrogen) atoms. The highest BCUT2D eigenvalue weighted by Gasteiger charge is 1.95. The number of H-pyrrole nitrogens is 1. The van der Waals surface area contributed by atoms with Gasteiger partial charge in [0.25, 0.3) is 0 Å². The van der Waals surface area contributed by atoms with E-state index < -0.39 is 0 Å². The predicted octanol–water partition coefficient (Wildman–Crippen LogP) is 2.60. The van der Waals surface area contributed by atoms with Gasteiger partial charge in [0.1, 0.15) is 11.0 Å². The Kier molecular flexibility index (Phi) is 3.04. The van der Waals surface area contributed by atoms with Crippen LogP contribution < -0.4 is 0 Å². The molecule has 0 spiro atoms. The van der Waals surface area contributed by atoms with Crippen molar-refractivity contribution in [2.75, 3.05) is 0 Å². The molecule has 0 atom stereocenters. The first kappa shape index (κ1) is 8.20. The van der Waals surface area contributed by atoms with Crippen LogP contribution in [0.2, 0.25) is 0 Å². The largest absolute Gasteiger partial charge is 0.359 e. The first-order valence-electron chi connectivity index (χ1n) is 2.97. The second-order valence-corrected chi connectivity index (χ2v) is 2.53. The van der Waals surface area contributed by atoms with E-state index in [1.807, 2.05) is 12.1 Å². The Morgan fingerprint density at radius 3 is 3.09 bits per heavy atom. The molecule has 4 heteroatoms. The van der Waals surface area contributed by atoms with Crippen LogP contribution >= 0.6 is 15.9 Å². The number of aromatic nitrogens is 1. The van der Waals surface area contributed by atoms with Crippen molar-refractivity contribution < 1.29 is 4.39 Å². The van der Waals surface area contributed by atoms with Crippen LogP contribution in [-0.4, -0.2) is 9.60 Å². The second kappa shape index (κ2) is 4.08. The smallest absolute Gasteiger partial charge is 0.129 e. The van der Waals surface area contributed by atoms with Crippen LogP contribution in [0.4, 0.5) is 4.39 Å². The summed E-state index contributed by atoms with van der Waals surface area (Å²) in [6.07, 6.45) is 3.22. The highest BCUT2D eigenvalue weighted by atomic mass is 79.9. The summed E-state index contributed by atoms with van der Waals surface area (Å²) in [6, 6.07) is 3.67. The maximum atomic E-state index is 11.5. The quantitative estimate of drug-likeness (QED) is 0.737. The van der Waals surface area contributed by atoms with Crippen molar-refractivity contribution in [1.82, 2.24) is 4.98 Å². The second-order valence-electron chi connectivity index (χ2n) is 1.78. The van der Waals surface area contributed by atoms with E-state index in [0.29, 0.717) is 11.0 Å². The Morgan fingerprint density at radius 2 is 2.55 bits per heavy atom. The summed E-state index contributed by atoms with van der Waals surface area (Å²) in [5.74, 6) is 0. The maximum Gasteiger partial charge on any atom is 0.129 e. The molecule has 0 radical (unpaired) electrons. The summed E-state index contributed by atoms with van der Waals surface area (Å²) >= 11 is 3.17. The standard InChI is InChI=1S/C7H6BrFN2/c8-7(11-5-3-9)6-2-1-4-10-6/h1-5,10H/b5-3+,11-7+. The topological polar surface area (TPSA) is 28.1 Å². The Balaban J connectivity index is 2.77. The zero-order valence-electron chi connectivity index (χ0n) is 5.59. The van der Waals surface area contributed by atoms with Crippen LogP contribution in [0.1, 0.15) is 5.69 Å². The van der Waals surface area contributed by atoms with Crippen LogP contribution in [0.3, 0.4) is 0 Å². The summed E-state index contributed by atoms with van der Waals surface area (Å²) < 4.78 is 12.1. The summed E-state index contributed by atoms with van der Waals surface area (Å²) in [5, 5.41) is 0. The first-order chi connectivity index (χ1) is 5.34. The molecule has 0 aromatic carbocycles. The van der Waals surface area contributed by atoms with Crippen molar-refractivity contribution in [3.05, 3.63) is 36.6 Å². The van der Waals surface area contributed by atoms with Gasteiger partial charge in [-0.1, -0.05) is 0 Å². The number of hydrogen-bond acceptors (Lipinski definition) is 1. The van der Waals surface area contributed by atoms with Gasteiger partial charge in [0.05, 0.1) is 11.9 Å². The highest BCUT2D eigenvalue weighted by molar-refractivity contribution is 9.18. The monoisotopic (exact) mass is 216 g/mol. The third-order valence-corrected chi connectivity index (χ3v) is 1.70. The van der Waals surface area contributed by atoms with Crippen LogP contribution in [0, 0.1) is 0 Å². The van der Waals surface area contributed by atoms with Crippen molar-refractivity contribution in [3.8, 4) is 0 Å². The van der Waals surface area contributed by atoms with Gasteiger partial charge in [-0.2, -0.15) is 0 Å². The molecule has 1 heterocycles. The molecule has 1 aromatic heterocycles. The predicted molar refractivity (Wildman–Crippen MR) is 46.5 cm³/mol. The number of hydrogen-bond donors (Lipinski definition) is 1. The highest BCUT2D eigenvalue weighted by Crippen LogP contribution is 2.03. The molecule has 1 rings (SSSR count). The molecule has 0 bridgehead atoms. The molecule has 0 saturated heterocycles. The fraction of sp³-hybridized carbons (Fsp3) is 0. The zero-order valence-corrected chi connectivity index (χ0v) is 7.18. The van der Waals surface area contributed by atoms with Crippen LogP contribution in [0.15, 0.2) is 35.9 Å². The van der Waals surface area contributed by atoms with E-state index in [-0.39, 0.29) is 0 Å². The third kappa shape index (κ3) is 2.31. The molecule has 0 aliphatic heterocycles. The number of nitrogens with one attached hydrogen (secondary N) is 1. The Labute approximate surface area is 72.0 Å². The number of aromatic amines is 1. The zero-order chi connectivity index (χ0) is 8.10. The molecule has 0 aliphatic carbocycles. The van der Waals surface area contributed by atoms with E-state index in [4.69, 9.17) is 0 Å². The lowest BCUT2D eigenvalue weighted by Gasteiger charge is -1.89. The van der Waals surface area contributed by atoms with Crippen molar-refractivity contribution in [3.63, 3.8) is 0 Å². The molecule has 1 N–H and O–H groups in total. The molecule has 2 nitrogen and oxygen atoms in total. The van der Waals surface area contributed by atoms with Crippen LogP contribution in [0.5, 0.6) is 0 Å². The van der Waals surface area contributed by atoms with Crippen molar-refractivity contribution in [2.24, 2.45) is 4.99 Å². The third-order valence-electron chi connectivity index (χ3n) is 1.06. The van der Waals surface area contributed by atoms with E-state index in [9.17, 15) is 4.39 Å². The van der Waals surface area contributed by atoms with Gasteiger partial charge in [-0.25, -0.2) is 9.38 Å². The van der Waals surface area contributed by atoms with E-state index >= 15 is 0 Å². The van der Waals surface area contributed by atoms with Crippen LogP contribution in [0.25, 0.3) is 0 Å². The molecule has 58 valence electrons. The van der Waals surface area contributed by atoms with Gasteiger partial charge in [0.2, 0.25) is 0 Å². The van der Waals surface area contributed by atoms with Crippen LogP contribution in [-0.2, 0) is 0 Å². The molecule has 0 saturated carbocycles. The van der Waals surface area contributed by atoms with Gasteiger partial charge in [0.15, 0.2) is 0 Å². The number of aliphatic imine (C=N–C) groups is 1. The summed E-state index contributed by atoms with van der Waals surface area (Å²) in [4.78, 5) is 6.64. The molecule has 0 amide bonds. The fourth-order valence-corrected chi connectivity index (χ4v) is 0.987. The maximum absolute atomic E-state index is 11.5. The summed E-state index contributed by atoms with van der Waals surface area (Å²) in [5.41, 5.74) is 0.822. The minimum atomic E-state index is 0.379. The van der Waals surface area contributed by atoms with Crippen molar-refractivity contribution >= 4 is 20.6 Å². The average Bonchev–Trinajstić information content (AvgIpc) is 2.52. The van der Waals surface area contributed by atoms with Gasteiger partial charge in [0, 0.05) is 6.20 Å². The van der Waals surface area contributed by atoms with Crippen molar-refractivity contribution in [1.29, 1.82) is 0 Å². The van der Waals surface area contributed by atoms with E-state index in [2.05, 4.69) is 25.9 Å². The molecular formula is C7H6BrFN2. The van der Waals surface area contributed by atoms with Gasteiger partial charge < -0.3 is 4.98 Å². The fourth-order valence-electron chi connectivity index (χ4n) is 0.622. The Morgan fingerprint density at radius 1 is 1.73 bits per heavy atom. The molecule has 0 aliphatic rings. The molecule has 0 fully saturated rings. The summed E-state index contributed by atoms with van der Waals surface area (Å²) in [7, 11) is 0. The minimum absolute atomic E-state index is 0.379. The SMILES string of the molecule is F/C=C/N=C(/Br)c1ccc[nH]1. The normalized spacial score (nSPS) is 12.7. The molecule has 0 unspecified atom stereocenters. The summed E-state index contributed by atoms with van der Waals surface area (Å²) in [6.45, 7) is 0. The van der Waals surface area contributed by atoms with Crippen molar-refractivity contribution in [2.45, 2.75) is 0 Å². The lowest BCUT2D eigenvalue weighted by atomic mass is 10.5. The van der Waals surface area contributed by atoms with Gasteiger partial charge in [-0.05, 0) is 28.1 Å². The number of halogens is 2. The van der Waals surface area contributed by atoms with E-state index in [0.717, 1.165) is 11.9 Å². The average molecular weight is 217 g/mol. The number of nitrogens with zero attached hydrogens (tertiary/aromatic N) is 1. The van der Waals surface area contributed by atoms with Gasteiger partial charge in [-0.15, -0.1) is 0 Å². The van der Waals surface area contributed by atoms with Gasteiger partial charge in [-0.3, -0.25) is 0 Å². The lowest BCUT2D eigenvalue weighted by Crippen LogP contribution is -1.87. The first-order valence-corrected chi connectivity index (χ1v) is 3.76. The minimum Gasteiger partial charge on any atom is -0.359 e. The molecule has 1 aromatic rings. The van der Waals surface area contributed by atoms with Gasteiger partial charge >= 0.3 is 0 Å². The lowest BCUT2D eigenvalue weighted by molar-refractivity contribution is 0.718. The number of rotatable bonds is 2. The van der Waals surface area contributed by atoms with E-state index in [1.54, 1.807) is 6.20 Å².